The predicted molar refractivity (Wildman–Crippen MR) is 86.3 cm³/mol. The third kappa shape index (κ3) is 3.51. The van der Waals surface area contributed by atoms with E-state index >= 15 is 0 Å². The lowest BCUT2D eigenvalue weighted by Gasteiger charge is -2.16. The minimum Gasteiger partial charge on any atom is -0.305 e. The van der Waals surface area contributed by atoms with Crippen LogP contribution in [0.5, 0.6) is 0 Å². The second kappa shape index (κ2) is 6.41. The van der Waals surface area contributed by atoms with E-state index in [9.17, 15) is 9.59 Å². The van der Waals surface area contributed by atoms with Crippen LogP contribution in [0.2, 0.25) is 0 Å². The lowest BCUT2D eigenvalue weighted by atomic mass is 10.1. The first-order chi connectivity index (χ1) is 9.90. The third-order valence-electron chi connectivity index (χ3n) is 3.56. The summed E-state index contributed by atoms with van der Waals surface area (Å²) in [5, 5.41) is 3.33. The SMILES string of the molecule is C[C@H](NCc1cc(=O)n(C)c(=O)n1C)c1cccc(Br)c1. The Balaban J connectivity index is 2.17. The summed E-state index contributed by atoms with van der Waals surface area (Å²) in [5.74, 6) is 0. The van der Waals surface area contributed by atoms with Crippen molar-refractivity contribution < 1.29 is 0 Å². The second-order valence-corrected chi connectivity index (χ2v) is 5.95. The molecule has 2 aromatic rings. The van der Waals surface area contributed by atoms with Crippen LogP contribution in [0.3, 0.4) is 0 Å². The molecule has 21 heavy (non-hydrogen) atoms. The van der Waals surface area contributed by atoms with Gasteiger partial charge in [-0.05, 0) is 24.6 Å². The van der Waals surface area contributed by atoms with Crippen molar-refractivity contribution in [1.82, 2.24) is 14.5 Å². The first-order valence-electron chi connectivity index (χ1n) is 6.65. The molecule has 0 fully saturated rings. The molecule has 1 atom stereocenters. The van der Waals surface area contributed by atoms with Crippen LogP contribution in [0, 0.1) is 0 Å². The summed E-state index contributed by atoms with van der Waals surface area (Å²) in [6.45, 7) is 2.50. The van der Waals surface area contributed by atoms with Gasteiger partial charge in [-0.1, -0.05) is 28.1 Å². The molecule has 1 aromatic carbocycles. The maximum absolute atomic E-state index is 11.9. The molecule has 0 aliphatic carbocycles. The lowest BCUT2D eigenvalue weighted by Crippen LogP contribution is -2.39. The number of rotatable bonds is 4. The Morgan fingerprint density at radius 3 is 2.57 bits per heavy atom. The van der Waals surface area contributed by atoms with E-state index in [-0.39, 0.29) is 17.3 Å². The van der Waals surface area contributed by atoms with Gasteiger partial charge < -0.3 is 5.32 Å². The van der Waals surface area contributed by atoms with Gasteiger partial charge in [-0.2, -0.15) is 0 Å². The number of hydrogen-bond donors (Lipinski definition) is 1. The normalized spacial score (nSPS) is 12.4. The molecule has 1 heterocycles. The van der Waals surface area contributed by atoms with Crippen molar-refractivity contribution in [1.29, 1.82) is 0 Å². The molecule has 0 aliphatic rings. The van der Waals surface area contributed by atoms with Crippen molar-refractivity contribution in [3.8, 4) is 0 Å². The fourth-order valence-corrected chi connectivity index (χ4v) is 2.52. The summed E-state index contributed by atoms with van der Waals surface area (Å²) in [7, 11) is 3.15. The van der Waals surface area contributed by atoms with Gasteiger partial charge in [0.15, 0.2) is 0 Å². The number of nitrogens with one attached hydrogen (secondary N) is 1. The van der Waals surface area contributed by atoms with E-state index in [1.54, 1.807) is 7.05 Å². The Bertz CT molecular complexity index is 764. The van der Waals surface area contributed by atoms with Gasteiger partial charge in [-0.15, -0.1) is 0 Å². The van der Waals surface area contributed by atoms with Crippen LogP contribution < -0.4 is 16.6 Å². The van der Waals surface area contributed by atoms with E-state index in [1.807, 2.05) is 31.2 Å². The van der Waals surface area contributed by atoms with Crippen molar-refractivity contribution in [3.05, 3.63) is 66.9 Å². The van der Waals surface area contributed by atoms with Crippen molar-refractivity contribution in [2.75, 3.05) is 0 Å². The van der Waals surface area contributed by atoms with Gasteiger partial charge in [-0.3, -0.25) is 13.9 Å². The zero-order valence-electron chi connectivity index (χ0n) is 12.3. The smallest absolute Gasteiger partial charge is 0.305 e. The van der Waals surface area contributed by atoms with Crippen molar-refractivity contribution in [2.45, 2.75) is 19.5 Å². The Morgan fingerprint density at radius 2 is 1.90 bits per heavy atom. The minimum absolute atomic E-state index is 0.113. The third-order valence-corrected chi connectivity index (χ3v) is 4.06. The van der Waals surface area contributed by atoms with Crippen LogP contribution in [-0.2, 0) is 20.6 Å². The predicted octanol–water partition coefficient (Wildman–Crippen LogP) is 1.70. The summed E-state index contributed by atoms with van der Waals surface area (Å²) in [6, 6.07) is 9.63. The highest BCUT2D eigenvalue weighted by atomic mass is 79.9. The Hall–Kier alpha value is -1.66. The average Bonchev–Trinajstić information content (AvgIpc) is 2.47. The Kier molecular flexibility index (Phi) is 4.80. The molecule has 2 rings (SSSR count). The molecular weight excluding hydrogens is 334 g/mol. The highest BCUT2D eigenvalue weighted by Gasteiger charge is 2.09. The van der Waals surface area contributed by atoms with Crippen LogP contribution in [0.4, 0.5) is 0 Å². The molecule has 1 N–H and O–H groups in total. The molecule has 0 spiro atoms. The van der Waals surface area contributed by atoms with E-state index in [2.05, 4.69) is 21.2 Å². The highest BCUT2D eigenvalue weighted by molar-refractivity contribution is 9.10. The summed E-state index contributed by atoms with van der Waals surface area (Å²) in [5.41, 5.74) is 1.21. The average molecular weight is 352 g/mol. The van der Waals surface area contributed by atoms with Gasteiger partial charge in [0.05, 0.1) is 0 Å². The summed E-state index contributed by atoms with van der Waals surface area (Å²) < 4.78 is 3.61. The fraction of sp³-hybridized carbons (Fsp3) is 0.333. The number of benzene rings is 1. The van der Waals surface area contributed by atoms with Gasteiger partial charge >= 0.3 is 5.69 Å². The molecule has 0 amide bonds. The zero-order chi connectivity index (χ0) is 15.6. The van der Waals surface area contributed by atoms with Gasteiger partial charge in [0, 0.05) is 42.9 Å². The number of halogens is 1. The zero-order valence-corrected chi connectivity index (χ0v) is 13.8. The van der Waals surface area contributed by atoms with Gasteiger partial charge in [0.2, 0.25) is 0 Å². The van der Waals surface area contributed by atoms with Crippen molar-refractivity contribution >= 4 is 15.9 Å². The summed E-state index contributed by atoms with van der Waals surface area (Å²) >= 11 is 3.45. The molecule has 0 unspecified atom stereocenters. The maximum atomic E-state index is 11.9. The summed E-state index contributed by atoms with van der Waals surface area (Å²) in [6.07, 6.45) is 0. The Morgan fingerprint density at radius 1 is 1.19 bits per heavy atom. The van der Waals surface area contributed by atoms with E-state index in [4.69, 9.17) is 0 Å². The maximum Gasteiger partial charge on any atom is 0.330 e. The van der Waals surface area contributed by atoms with Gasteiger partial charge in [0.25, 0.3) is 5.56 Å². The molecule has 0 bridgehead atoms. The minimum atomic E-state index is -0.311. The first kappa shape index (κ1) is 15.7. The Labute approximate surface area is 131 Å². The van der Waals surface area contributed by atoms with Crippen molar-refractivity contribution in [3.63, 3.8) is 0 Å². The monoisotopic (exact) mass is 351 g/mol. The number of aromatic nitrogens is 2. The quantitative estimate of drug-likeness (QED) is 0.911. The van der Waals surface area contributed by atoms with Crippen LogP contribution >= 0.6 is 15.9 Å². The second-order valence-electron chi connectivity index (χ2n) is 5.03. The van der Waals surface area contributed by atoms with Crippen LogP contribution in [-0.4, -0.2) is 9.13 Å². The van der Waals surface area contributed by atoms with E-state index in [0.717, 1.165) is 14.6 Å². The first-order valence-corrected chi connectivity index (χ1v) is 7.44. The van der Waals surface area contributed by atoms with Gasteiger partial charge in [-0.25, -0.2) is 4.79 Å². The topological polar surface area (TPSA) is 56.0 Å². The number of hydrogen-bond acceptors (Lipinski definition) is 3. The molecule has 0 saturated carbocycles. The van der Waals surface area contributed by atoms with Crippen LogP contribution in [0.15, 0.2) is 44.4 Å². The summed E-state index contributed by atoms with van der Waals surface area (Å²) in [4.78, 5) is 23.5. The molecule has 1 aromatic heterocycles. The molecule has 0 aliphatic heterocycles. The fourth-order valence-electron chi connectivity index (χ4n) is 2.10. The van der Waals surface area contributed by atoms with Gasteiger partial charge in [0.1, 0.15) is 0 Å². The molecular formula is C15H18BrN3O2. The largest absolute Gasteiger partial charge is 0.330 e. The van der Waals surface area contributed by atoms with E-state index in [0.29, 0.717) is 12.2 Å². The van der Waals surface area contributed by atoms with E-state index < -0.39 is 0 Å². The van der Waals surface area contributed by atoms with Crippen LogP contribution in [0.1, 0.15) is 24.2 Å². The molecule has 112 valence electrons. The van der Waals surface area contributed by atoms with Crippen LogP contribution in [0.25, 0.3) is 0 Å². The van der Waals surface area contributed by atoms with Crippen molar-refractivity contribution in [2.24, 2.45) is 14.1 Å². The highest BCUT2D eigenvalue weighted by Crippen LogP contribution is 2.17. The number of nitrogens with zero attached hydrogens (tertiary/aromatic N) is 2. The molecule has 5 nitrogen and oxygen atoms in total. The lowest BCUT2D eigenvalue weighted by molar-refractivity contribution is 0.540. The standard InChI is InChI=1S/C15H18BrN3O2/c1-10(11-5-4-6-12(16)7-11)17-9-13-8-14(20)19(3)15(21)18(13)2/h4-8,10,17H,9H2,1-3H3/t10-/m0/s1. The van der Waals surface area contributed by atoms with E-state index in [1.165, 1.54) is 17.7 Å². The molecule has 6 heteroatoms. The molecule has 0 radical (unpaired) electrons. The molecule has 0 saturated heterocycles.